The van der Waals surface area contributed by atoms with Gasteiger partial charge in [-0.1, -0.05) is 42.5 Å². The van der Waals surface area contributed by atoms with Crippen LogP contribution in [0.4, 0.5) is 4.39 Å². The number of carbonyl (C=O) groups excluding carboxylic acids is 1. The molecule has 1 N–H and O–H groups in total. The molecule has 2 aromatic carbocycles. The zero-order chi connectivity index (χ0) is 20.3. The van der Waals surface area contributed by atoms with E-state index in [1.54, 1.807) is 12.1 Å². The van der Waals surface area contributed by atoms with Gasteiger partial charge >= 0.3 is 0 Å². The number of benzene rings is 2. The van der Waals surface area contributed by atoms with Crippen molar-refractivity contribution >= 4 is 5.91 Å². The van der Waals surface area contributed by atoms with Crippen LogP contribution in [0.2, 0.25) is 0 Å². The molecule has 0 bridgehead atoms. The molecule has 2 aromatic rings. The second-order valence-corrected chi connectivity index (χ2v) is 8.42. The normalized spacial score (nSPS) is 21.7. The highest BCUT2D eigenvalue weighted by atomic mass is 19.1. The third kappa shape index (κ3) is 4.51. The van der Waals surface area contributed by atoms with Crippen LogP contribution in [0, 0.1) is 5.82 Å². The van der Waals surface area contributed by atoms with Crippen LogP contribution in [0.25, 0.3) is 0 Å². The van der Waals surface area contributed by atoms with Gasteiger partial charge in [-0.3, -0.25) is 9.69 Å². The first kappa shape index (κ1) is 20.0. The fourth-order valence-corrected chi connectivity index (χ4v) is 4.41. The van der Waals surface area contributed by atoms with Gasteiger partial charge in [0.25, 0.3) is 0 Å². The smallest absolute Gasteiger partial charge is 0.230 e. The van der Waals surface area contributed by atoms with E-state index >= 15 is 0 Å². The summed E-state index contributed by atoms with van der Waals surface area (Å²) in [4.78, 5) is 17.7. The van der Waals surface area contributed by atoms with Gasteiger partial charge in [0, 0.05) is 38.8 Å². The molecule has 4 nitrogen and oxygen atoms in total. The van der Waals surface area contributed by atoms with Crippen molar-refractivity contribution in [3.05, 3.63) is 71.5 Å². The summed E-state index contributed by atoms with van der Waals surface area (Å²) in [6.07, 6.45) is 2.62. The summed E-state index contributed by atoms with van der Waals surface area (Å²) in [6, 6.07) is 17.5. The van der Waals surface area contributed by atoms with Crippen molar-refractivity contribution in [1.29, 1.82) is 0 Å². The van der Waals surface area contributed by atoms with Crippen LogP contribution in [-0.4, -0.2) is 55.5 Å². The van der Waals surface area contributed by atoms with Gasteiger partial charge in [0.05, 0.1) is 5.41 Å². The van der Waals surface area contributed by atoms with Crippen molar-refractivity contribution in [1.82, 2.24) is 15.1 Å². The number of likely N-dealkylation sites (N-methyl/N-ethyl adjacent to an activating group) is 1. The number of hydrogen-bond acceptors (Lipinski definition) is 3. The van der Waals surface area contributed by atoms with E-state index < -0.39 is 5.41 Å². The number of amides is 1. The minimum absolute atomic E-state index is 0.0853. The minimum atomic E-state index is -0.436. The molecule has 1 atom stereocenters. The lowest BCUT2D eigenvalue weighted by Gasteiger charge is -2.40. The van der Waals surface area contributed by atoms with E-state index in [0.29, 0.717) is 12.6 Å². The number of carbonyl (C=O) groups is 1. The molecule has 1 aliphatic heterocycles. The molecule has 0 unspecified atom stereocenters. The Morgan fingerprint density at radius 3 is 2.52 bits per heavy atom. The quantitative estimate of drug-likeness (QED) is 0.731. The topological polar surface area (TPSA) is 35.6 Å². The number of nitrogens with zero attached hydrogens (tertiary/aromatic N) is 2. The highest BCUT2D eigenvalue weighted by molar-refractivity contribution is 5.91. The minimum Gasteiger partial charge on any atom is -0.355 e. The van der Waals surface area contributed by atoms with Crippen LogP contribution in [0.1, 0.15) is 36.4 Å². The molecule has 0 aromatic heterocycles. The fourth-order valence-electron chi connectivity index (χ4n) is 4.41. The third-order valence-electron chi connectivity index (χ3n) is 6.37. The first-order chi connectivity index (χ1) is 14.1. The van der Waals surface area contributed by atoms with Crippen LogP contribution in [0.3, 0.4) is 0 Å². The molecular formula is C24H30FN3O. The Morgan fingerprint density at radius 1 is 1.10 bits per heavy atom. The van der Waals surface area contributed by atoms with Crippen molar-refractivity contribution in [2.24, 2.45) is 0 Å². The van der Waals surface area contributed by atoms with Crippen molar-refractivity contribution in [3.8, 4) is 0 Å². The standard InChI is InChI=1S/C24H30FN3O/c1-27-16-17-28(22(18-27)19-6-3-2-4-7-19)15-5-14-26-23(29)24(12-13-24)20-8-10-21(25)11-9-20/h2-4,6-11,22H,5,12-18H2,1H3,(H,26,29)/t22-/m1/s1. The molecule has 0 radical (unpaired) electrons. The molecule has 1 saturated carbocycles. The zero-order valence-corrected chi connectivity index (χ0v) is 17.1. The summed E-state index contributed by atoms with van der Waals surface area (Å²) in [7, 11) is 2.18. The Hall–Kier alpha value is -2.24. The average Bonchev–Trinajstić information content (AvgIpc) is 3.55. The van der Waals surface area contributed by atoms with Gasteiger partial charge in [-0.2, -0.15) is 0 Å². The number of rotatable bonds is 7. The lowest BCUT2D eigenvalue weighted by atomic mass is 9.95. The van der Waals surface area contributed by atoms with Gasteiger partial charge in [-0.25, -0.2) is 4.39 Å². The summed E-state index contributed by atoms with van der Waals surface area (Å²) < 4.78 is 13.2. The molecule has 1 amide bonds. The van der Waals surface area contributed by atoms with Crippen molar-refractivity contribution in [2.75, 3.05) is 39.8 Å². The van der Waals surface area contributed by atoms with E-state index in [1.807, 2.05) is 0 Å². The Balaban J connectivity index is 1.29. The summed E-state index contributed by atoms with van der Waals surface area (Å²) in [5, 5.41) is 3.13. The van der Waals surface area contributed by atoms with E-state index in [4.69, 9.17) is 0 Å². The van der Waals surface area contributed by atoms with Gasteiger partial charge in [0.2, 0.25) is 5.91 Å². The maximum absolute atomic E-state index is 13.2. The van der Waals surface area contributed by atoms with Gasteiger partial charge in [0.1, 0.15) is 5.82 Å². The largest absolute Gasteiger partial charge is 0.355 e. The van der Waals surface area contributed by atoms with E-state index in [0.717, 1.165) is 51.0 Å². The van der Waals surface area contributed by atoms with Gasteiger partial charge in [-0.05, 0) is 49.6 Å². The molecule has 1 heterocycles. The second-order valence-electron chi connectivity index (χ2n) is 8.42. The number of halogens is 1. The van der Waals surface area contributed by atoms with Crippen LogP contribution in [0.5, 0.6) is 0 Å². The van der Waals surface area contributed by atoms with Crippen molar-refractivity contribution < 1.29 is 9.18 Å². The highest BCUT2D eigenvalue weighted by Gasteiger charge is 2.51. The molecule has 2 aliphatic rings. The SMILES string of the molecule is CN1CCN(CCCNC(=O)C2(c3ccc(F)cc3)CC2)[C@@H](c2ccccc2)C1. The molecule has 1 saturated heterocycles. The van der Waals surface area contributed by atoms with E-state index in [-0.39, 0.29) is 11.7 Å². The molecule has 2 fully saturated rings. The lowest BCUT2D eigenvalue weighted by molar-refractivity contribution is -0.123. The van der Waals surface area contributed by atoms with Gasteiger partial charge in [-0.15, -0.1) is 0 Å². The molecule has 154 valence electrons. The predicted molar refractivity (Wildman–Crippen MR) is 113 cm³/mol. The lowest BCUT2D eigenvalue weighted by Crippen LogP contribution is -2.47. The van der Waals surface area contributed by atoms with Crippen LogP contribution >= 0.6 is 0 Å². The predicted octanol–water partition coefficient (Wildman–Crippen LogP) is 3.35. The highest BCUT2D eigenvalue weighted by Crippen LogP contribution is 2.48. The number of piperazine rings is 1. The Labute approximate surface area is 172 Å². The average molecular weight is 396 g/mol. The summed E-state index contributed by atoms with van der Waals surface area (Å²) >= 11 is 0. The molecule has 5 heteroatoms. The Bertz CT molecular complexity index is 820. The van der Waals surface area contributed by atoms with Crippen molar-refractivity contribution in [3.63, 3.8) is 0 Å². The molecule has 0 spiro atoms. The van der Waals surface area contributed by atoms with E-state index in [2.05, 4.69) is 52.5 Å². The second kappa shape index (κ2) is 8.64. The maximum atomic E-state index is 13.2. The van der Waals surface area contributed by atoms with Gasteiger partial charge in [0.15, 0.2) is 0 Å². The first-order valence-corrected chi connectivity index (χ1v) is 10.6. The van der Waals surface area contributed by atoms with Gasteiger partial charge < -0.3 is 10.2 Å². The number of nitrogens with one attached hydrogen (secondary N) is 1. The zero-order valence-electron chi connectivity index (χ0n) is 17.1. The van der Waals surface area contributed by atoms with Crippen LogP contribution in [-0.2, 0) is 10.2 Å². The summed E-state index contributed by atoms with van der Waals surface area (Å²) in [5.41, 5.74) is 1.85. The van der Waals surface area contributed by atoms with E-state index in [1.165, 1.54) is 17.7 Å². The maximum Gasteiger partial charge on any atom is 0.230 e. The molecule has 29 heavy (non-hydrogen) atoms. The molecule has 1 aliphatic carbocycles. The van der Waals surface area contributed by atoms with E-state index in [9.17, 15) is 9.18 Å². The number of hydrogen-bond donors (Lipinski definition) is 1. The third-order valence-corrected chi connectivity index (χ3v) is 6.37. The van der Waals surface area contributed by atoms with Crippen LogP contribution in [0.15, 0.2) is 54.6 Å². The monoisotopic (exact) mass is 395 g/mol. The van der Waals surface area contributed by atoms with Crippen LogP contribution < -0.4 is 5.32 Å². The van der Waals surface area contributed by atoms with Crippen molar-refractivity contribution in [2.45, 2.75) is 30.7 Å². The molecule has 4 rings (SSSR count). The fraction of sp³-hybridized carbons (Fsp3) is 0.458. The summed E-state index contributed by atoms with van der Waals surface area (Å²) in [5.74, 6) is -0.174. The summed E-state index contributed by atoms with van der Waals surface area (Å²) in [6.45, 7) is 4.80. The first-order valence-electron chi connectivity index (χ1n) is 10.6. The Morgan fingerprint density at radius 2 is 1.83 bits per heavy atom. The Kier molecular flexibility index (Phi) is 5.97. The molecular weight excluding hydrogens is 365 g/mol.